The highest BCUT2D eigenvalue weighted by Crippen LogP contribution is 2.09. The second kappa shape index (κ2) is 10.2. The van der Waals surface area contributed by atoms with Crippen LogP contribution in [0.5, 0.6) is 0 Å². The van der Waals surface area contributed by atoms with Crippen molar-refractivity contribution in [1.82, 2.24) is 16.0 Å². The molecule has 2 rings (SSSR count). The zero-order chi connectivity index (χ0) is 20.5. The van der Waals surface area contributed by atoms with Gasteiger partial charge in [0.05, 0.1) is 6.42 Å². The Hall–Kier alpha value is -3.16. The molecule has 0 saturated carbocycles. The van der Waals surface area contributed by atoms with Crippen LogP contribution < -0.4 is 21.7 Å². The lowest BCUT2D eigenvalue weighted by atomic mass is 10.0. The standard InChI is InChI=1S/C20H26N4O4/c1-2-3-5-10-14(18(21)26)22-17(25)12-16-20(28)23-15(19(27)24-16)11-13-8-6-4-7-9-13/h2,4,6-9,14-16H,1,3,5,10-12H2,(H2,21,26)(H,22,25)(H,23,28)(H,24,27)/t14-,15+,16+/m1/s1. The Bertz CT molecular complexity index is 735. The molecule has 0 unspecified atom stereocenters. The van der Waals surface area contributed by atoms with Gasteiger partial charge in [0.25, 0.3) is 0 Å². The van der Waals surface area contributed by atoms with Gasteiger partial charge in [-0.25, -0.2) is 0 Å². The summed E-state index contributed by atoms with van der Waals surface area (Å²) in [5, 5.41) is 7.77. The number of rotatable bonds is 10. The van der Waals surface area contributed by atoms with Crippen molar-refractivity contribution < 1.29 is 19.2 Å². The predicted octanol–water partition coefficient (Wildman–Crippen LogP) is -0.0712. The molecule has 1 heterocycles. The molecule has 150 valence electrons. The van der Waals surface area contributed by atoms with Gasteiger partial charge in [0.1, 0.15) is 18.1 Å². The molecule has 0 radical (unpaired) electrons. The van der Waals surface area contributed by atoms with E-state index in [0.29, 0.717) is 25.7 Å². The molecular formula is C20H26N4O4. The van der Waals surface area contributed by atoms with E-state index in [1.807, 2.05) is 30.3 Å². The van der Waals surface area contributed by atoms with Gasteiger partial charge >= 0.3 is 0 Å². The number of carbonyl (C=O) groups excluding carboxylic acids is 4. The zero-order valence-corrected chi connectivity index (χ0v) is 15.6. The number of nitrogens with two attached hydrogens (primary N) is 1. The number of unbranched alkanes of at least 4 members (excludes halogenated alkanes) is 1. The fourth-order valence-electron chi connectivity index (χ4n) is 3.00. The Morgan fingerprint density at radius 3 is 2.43 bits per heavy atom. The topological polar surface area (TPSA) is 130 Å². The van der Waals surface area contributed by atoms with Crippen LogP contribution in [0.2, 0.25) is 0 Å². The molecule has 1 aromatic carbocycles. The number of primary amides is 1. The van der Waals surface area contributed by atoms with Gasteiger partial charge in [0.15, 0.2) is 0 Å². The maximum atomic E-state index is 12.3. The van der Waals surface area contributed by atoms with Gasteiger partial charge < -0.3 is 21.7 Å². The number of allylic oxidation sites excluding steroid dienone is 1. The van der Waals surface area contributed by atoms with Crippen molar-refractivity contribution >= 4 is 23.6 Å². The highest BCUT2D eigenvalue weighted by atomic mass is 16.2. The van der Waals surface area contributed by atoms with Crippen molar-refractivity contribution in [2.75, 3.05) is 0 Å². The first-order valence-electron chi connectivity index (χ1n) is 9.25. The first-order valence-corrected chi connectivity index (χ1v) is 9.25. The largest absolute Gasteiger partial charge is 0.368 e. The van der Waals surface area contributed by atoms with Crippen molar-refractivity contribution in [3.05, 3.63) is 48.6 Å². The molecule has 1 saturated heterocycles. The molecule has 3 atom stereocenters. The van der Waals surface area contributed by atoms with E-state index in [-0.39, 0.29) is 12.3 Å². The average Bonchev–Trinajstić information content (AvgIpc) is 2.66. The van der Waals surface area contributed by atoms with Gasteiger partial charge in [-0.1, -0.05) is 36.4 Å². The molecule has 8 nitrogen and oxygen atoms in total. The lowest BCUT2D eigenvalue weighted by Crippen LogP contribution is -2.63. The van der Waals surface area contributed by atoms with Crippen LogP contribution in [0.1, 0.15) is 31.2 Å². The predicted molar refractivity (Wildman–Crippen MR) is 104 cm³/mol. The Morgan fingerprint density at radius 2 is 1.79 bits per heavy atom. The molecule has 28 heavy (non-hydrogen) atoms. The normalized spacial score (nSPS) is 19.9. The van der Waals surface area contributed by atoms with Crippen molar-refractivity contribution in [2.45, 2.75) is 50.2 Å². The molecule has 8 heteroatoms. The fourth-order valence-corrected chi connectivity index (χ4v) is 3.00. The molecule has 1 aromatic rings. The summed E-state index contributed by atoms with van der Waals surface area (Å²) in [6, 6.07) is 6.83. The molecule has 1 aliphatic heterocycles. The van der Waals surface area contributed by atoms with Crippen molar-refractivity contribution in [3.8, 4) is 0 Å². The summed E-state index contributed by atoms with van der Waals surface area (Å²) in [5.74, 6) is -1.95. The summed E-state index contributed by atoms with van der Waals surface area (Å²) in [4.78, 5) is 48.3. The number of hydrogen-bond donors (Lipinski definition) is 4. The summed E-state index contributed by atoms with van der Waals surface area (Å²) in [5.41, 5.74) is 6.23. The quantitative estimate of drug-likeness (QED) is 0.331. The minimum absolute atomic E-state index is 0.263. The van der Waals surface area contributed by atoms with E-state index in [1.165, 1.54) is 0 Å². The molecule has 0 aliphatic carbocycles. The number of carbonyl (C=O) groups is 4. The molecule has 1 fully saturated rings. The Kier molecular flexibility index (Phi) is 7.74. The van der Waals surface area contributed by atoms with Crippen LogP contribution in [0, 0.1) is 0 Å². The number of benzene rings is 1. The van der Waals surface area contributed by atoms with E-state index < -0.39 is 35.8 Å². The Balaban J connectivity index is 1.88. The molecule has 1 aliphatic rings. The third-order valence-corrected chi connectivity index (χ3v) is 4.52. The van der Waals surface area contributed by atoms with Crippen molar-refractivity contribution in [3.63, 3.8) is 0 Å². The van der Waals surface area contributed by atoms with Crippen LogP contribution in [-0.2, 0) is 25.6 Å². The van der Waals surface area contributed by atoms with Crippen molar-refractivity contribution in [2.24, 2.45) is 5.73 Å². The number of piperazine rings is 1. The minimum Gasteiger partial charge on any atom is -0.368 e. The van der Waals surface area contributed by atoms with Gasteiger partial charge in [-0.2, -0.15) is 0 Å². The first-order chi connectivity index (χ1) is 13.4. The fraction of sp³-hybridized carbons (Fsp3) is 0.400. The summed E-state index contributed by atoms with van der Waals surface area (Å²) in [6.07, 6.45) is 3.55. The maximum absolute atomic E-state index is 12.3. The van der Waals surface area contributed by atoms with Crippen LogP contribution in [0.15, 0.2) is 43.0 Å². The molecule has 0 spiro atoms. The maximum Gasteiger partial charge on any atom is 0.243 e. The van der Waals surface area contributed by atoms with Gasteiger partial charge in [0, 0.05) is 6.42 Å². The van der Waals surface area contributed by atoms with Gasteiger partial charge in [-0.15, -0.1) is 6.58 Å². The summed E-state index contributed by atoms with van der Waals surface area (Å²) < 4.78 is 0. The second-order valence-electron chi connectivity index (χ2n) is 6.76. The van der Waals surface area contributed by atoms with Gasteiger partial charge in [-0.05, 0) is 24.8 Å². The lowest BCUT2D eigenvalue weighted by Gasteiger charge is -2.29. The number of hydrogen-bond acceptors (Lipinski definition) is 4. The lowest BCUT2D eigenvalue weighted by molar-refractivity contribution is -0.138. The third kappa shape index (κ3) is 6.22. The average molecular weight is 386 g/mol. The van der Waals surface area contributed by atoms with Crippen LogP contribution in [0.25, 0.3) is 0 Å². The van der Waals surface area contributed by atoms with E-state index in [2.05, 4.69) is 22.5 Å². The van der Waals surface area contributed by atoms with E-state index in [9.17, 15) is 19.2 Å². The third-order valence-electron chi connectivity index (χ3n) is 4.52. The van der Waals surface area contributed by atoms with Crippen molar-refractivity contribution in [1.29, 1.82) is 0 Å². The first kappa shape index (κ1) is 21.1. The van der Waals surface area contributed by atoms with Crippen LogP contribution in [-0.4, -0.2) is 41.8 Å². The Labute approximate surface area is 163 Å². The molecule has 0 aromatic heterocycles. The summed E-state index contributed by atoms with van der Waals surface area (Å²) in [6.45, 7) is 3.60. The van der Waals surface area contributed by atoms with E-state index in [0.717, 1.165) is 5.56 Å². The summed E-state index contributed by atoms with van der Waals surface area (Å²) >= 11 is 0. The van der Waals surface area contributed by atoms with E-state index >= 15 is 0 Å². The molecule has 5 N–H and O–H groups in total. The van der Waals surface area contributed by atoms with E-state index in [4.69, 9.17) is 5.73 Å². The smallest absolute Gasteiger partial charge is 0.243 e. The Morgan fingerprint density at radius 1 is 1.14 bits per heavy atom. The monoisotopic (exact) mass is 386 g/mol. The molecular weight excluding hydrogens is 360 g/mol. The summed E-state index contributed by atoms with van der Waals surface area (Å²) in [7, 11) is 0. The van der Waals surface area contributed by atoms with Crippen LogP contribution >= 0.6 is 0 Å². The van der Waals surface area contributed by atoms with Crippen LogP contribution in [0.4, 0.5) is 0 Å². The zero-order valence-electron chi connectivity index (χ0n) is 15.6. The number of nitrogens with one attached hydrogen (secondary N) is 3. The highest BCUT2D eigenvalue weighted by Gasteiger charge is 2.35. The van der Waals surface area contributed by atoms with Gasteiger partial charge in [-0.3, -0.25) is 19.2 Å². The molecule has 0 bridgehead atoms. The molecule has 4 amide bonds. The highest BCUT2D eigenvalue weighted by molar-refractivity contribution is 5.99. The minimum atomic E-state index is -0.985. The second-order valence-corrected chi connectivity index (χ2v) is 6.76. The SMILES string of the molecule is C=CCCC[C@@H](NC(=O)C[C@@H]1NC(=O)[C@H](Cc2ccccc2)NC1=O)C(N)=O. The van der Waals surface area contributed by atoms with Crippen LogP contribution in [0.3, 0.4) is 0 Å². The van der Waals surface area contributed by atoms with Gasteiger partial charge in [0.2, 0.25) is 23.6 Å². The number of amides is 4. The van der Waals surface area contributed by atoms with E-state index in [1.54, 1.807) is 6.08 Å².